The Kier molecular flexibility index (Phi) is 4.14. The molecule has 0 spiro atoms. The molecule has 1 N–H and O–H groups in total. The summed E-state index contributed by atoms with van der Waals surface area (Å²) in [6, 6.07) is 2.30. The Morgan fingerprint density at radius 3 is 2.79 bits per heavy atom. The summed E-state index contributed by atoms with van der Waals surface area (Å²) in [7, 11) is 1.64. The van der Waals surface area contributed by atoms with E-state index in [-0.39, 0.29) is 17.2 Å². The molecule has 1 heterocycles. The van der Waals surface area contributed by atoms with E-state index in [4.69, 9.17) is 0 Å². The first-order valence-electron chi connectivity index (χ1n) is 6.43. The zero-order chi connectivity index (χ0) is 14.0. The van der Waals surface area contributed by atoms with Crippen molar-refractivity contribution < 1.29 is 13.6 Å². The number of carbonyl (C=O) groups excluding carboxylic acids is 1. The minimum Gasteiger partial charge on any atom is -0.340 e. The van der Waals surface area contributed by atoms with Crippen molar-refractivity contribution in [1.29, 1.82) is 0 Å². The second kappa shape index (κ2) is 5.65. The van der Waals surface area contributed by atoms with Crippen LogP contribution >= 0.6 is 0 Å². The zero-order valence-electron chi connectivity index (χ0n) is 11.2. The molecule has 0 aromatic heterocycles. The molecule has 1 aromatic carbocycles. The maximum atomic E-state index is 13.7. The summed E-state index contributed by atoms with van der Waals surface area (Å²) in [5.41, 5.74) is 0.205. The zero-order valence-corrected chi connectivity index (χ0v) is 11.2. The quantitative estimate of drug-likeness (QED) is 0.910. The van der Waals surface area contributed by atoms with Gasteiger partial charge in [-0.1, -0.05) is 0 Å². The van der Waals surface area contributed by atoms with Crippen LogP contribution in [0.5, 0.6) is 0 Å². The highest BCUT2D eigenvalue weighted by atomic mass is 19.1. The van der Waals surface area contributed by atoms with E-state index in [2.05, 4.69) is 5.32 Å². The minimum absolute atomic E-state index is 0.0700. The molecule has 1 unspecified atom stereocenters. The number of carbonyl (C=O) groups is 1. The first kappa shape index (κ1) is 13.9. The van der Waals surface area contributed by atoms with Crippen LogP contribution in [0, 0.1) is 18.6 Å². The number of hydrogen-bond acceptors (Lipinski definition) is 2. The van der Waals surface area contributed by atoms with Crippen molar-refractivity contribution in [2.75, 3.05) is 20.1 Å². The molecule has 1 atom stereocenters. The van der Waals surface area contributed by atoms with Crippen LogP contribution in [0.2, 0.25) is 0 Å². The number of amides is 1. The standard InChI is InChI=1S/C14H18F2N2O/c1-9-6-11(13(16)7-12(9)15)14(19)18(2)8-10-4-3-5-17-10/h6-7,10,17H,3-5,8H2,1-2H3. The van der Waals surface area contributed by atoms with Crippen LogP contribution in [0.15, 0.2) is 12.1 Å². The molecule has 0 radical (unpaired) electrons. The number of halogens is 2. The number of likely N-dealkylation sites (N-methyl/N-ethyl adjacent to an activating group) is 1. The van der Waals surface area contributed by atoms with Gasteiger partial charge in [-0.05, 0) is 37.9 Å². The Hall–Kier alpha value is -1.49. The van der Waals surface area contributed by atoms with Crippen LogP contribution in [-0.2, 0) is 0 Å². The van der Waals surface area contributed by atoms with Gasteiger partial charge in [0.1, 0.15) is 11.6 Å². The summed E-state index contributed by atoms with van der Waals surface area (Å²) in [5, 5.41) is 3.28. The highest BCUT2D eigenvalue weighted by molar-refractivity contribution is 5.94. The number of benzene rings is 1. The largest absolute Gasteiger partial charge is 0.340 e. The Balaban J connectivity index is 2.12. The number of nitrogens with zero attached hydrogens (tertiary/aromatic N) is 1. The molecule has 0 saturated carbocycles. The van der Waals surface area contributed by atoms with Crippen LogP contribution in [0.4, 0.5) is 8.78 Å². The Morgan fingerprint density at radius 2 is 2.16 bits per heavy atom. The molecule has 1 aliphatic heterocycles. The van der Waals surface area contributed by atoms with Gasteiger partial charge in [0, 0.05) is 25.7 Å². The second-order valence-electron chi connectivity index (χ2n) is 5.06. The van der Waals surface area contributed by atoms with Gasteiger partial charge in [0.25, 0.3) is 5.91 Å². The van der Waals surface area contributed by atoms with Crippen LogP contribution in [-0.4, -0.2) is 37.0 Å². The van der Waals surface area contributed by atoms with E-state index in [0.717, 1.165) is 25.5 Å². The summed E-state index contributed by atoms with van der Waals surface area (Å²) in [5.74, 6) is -1.84. The van der Waals surface area contributed by atoms with Crippen molar-refractivity contribution in [2.45, 2.75) is 25.8 Å². The van der Waals surface area contributed by atoms with Gasteiger partial charge in [0.05, 0.1) is 5.56 Å². The van der Waals surface area contributed by atoms with E-state index < -0.39 is 17.5 Å². The molecule has 1 aromatic rings. The molecule has 2 rings (SSSR count). The van der Waals surface area contributed by atoms with Gasteiger partial charge in [-0.3, -0.25) is 4.79 Å². The smallest absolute Gasteiger partial charge is 0.256 e. The lowest BCUT2D eigenvalue weighted by Crippen LogP contribution is -2.39. The number of rotatable bonds is 3. The summed E-state index contributed by atoms with van der Waals surface area (Å²) in [4.78, 5) is 13.6. The third kappa shape index (κ3) is 3.10. The van der Waals surface area contributed by atoms with E-state index in [1.54, 1.807) is 7.05 Å². The lowest BCUT2D eigenvalue weighted by molar-refractivity contribution is 0.0779. The SMILES string of the molecule is Cc1cc(C(=O)N(C)CC2CCCN2)c(F)cc1F. The number of aryl methyl sites for hydroxylation is 1. The summed E-state index contributed by atoms with van der Waals surface area (Å²) >= 11 is 0. The Labute approximate surface area is 111 Å². The van der Waals surface area contributed by atoms with Crippen molar-refractivity contribution in [1.82, 2.24) is 10.2 Å². The van der Waals surface area contributed by atoms with Crippen LogP contribution < -0.4 is 5.32 Å². The van der Waals surface area contributed by atoms with Crippen LogP contribution in [0.1, 0.15) is 28.8 Å². The van der Waals surface area contributed by atoms with Crippen LogP contribution in [0.25, 0.3) is 0 Å². The predicted octanol–water partition coefficient (Wildman–Crippen LogP) is 2.10. The minimum atomic E-state index is -0.806. The van der Waals surface area contributed by atoms with Crippen molar-refractivity contribution in [3.05, 3.63) is 34.9 Å². The van der Waals surface area contributed by atoms with Gasteiger partial charge in [-0.25, -0.2) is 8.78 Å². The molecule has 1 aliphatic rings. The average molecular weight is 268 g/mol. The lowest BCUT2D eigenvalue weighted by atomic mass is 10.1. The first-order valence-corrected chi connectivity index (χ1v) is 6.43. The molecule has 19 heavy (non-hydrogen) atoms. The Morgan fingerprint density at radius 1 is 1.42 bits per heavy atom. The van der Waals surface area contributed by atoms with E-state index in [1.807, 2.05) is 0 Å². The molecule has 0 bridgehead atoms. The summed E-state index contributed by atoms with van der Waals surface area (Å²) < 4.78 is 26.8. The normalized spacial score (nSPS) is 18.6. The molecule has 1 fully saturated rings. The van der Waals surface area contributed by atoms with Gasteiger partial charge >= 0.3 is 0 Å². The highest BCUT2D eigenvalue weighted by Gasteiger charge is 2.22. The lowest BCUT2D eigenvalue weighted by Gasteiger charge is -2.21. The second-order valence-corrected chi connectivity index (χ2v) is 5.06. The highest BCUT2D eigenvalue weighted by Crippen LogP contribution is 2.16. The summed E-state index contributed by atoms with van der Waals surface area (Å²) in [6.07, 6.45) is 2.11. The molecule has 1 amide bonds. The molecule has 3 nitrogen and oxygen atoms in total. The molecular formula is C14H18F2N2O. The third-order valence-corrected chi connectivity index (χ3v) is 3.48. The van der Waals surface area contributed by atoms with Gasteiger partial charge in [0.15, 0.2) is 0 Å². The fourth-order valence-corrected chi connectivity index (χ4v) is 2.35. The molecule has 5 heteroatoms. The van der Waals surface area contributed by atoms with E-state index >= 15 is 0 Å². The maximum absolute atomic E-state index is 13.7. The summed E-state index contributed by atoms with van der Waals surface area (Å²) in [6.45, 7) is 3.01. The van der Waals surface area contributed by atoms with E-state index in [1.165, 1.54) is 17.9 Å². The Bertz CT molecular complexity index is 485. The van der Waals surface area contributed by atoms with Gasteiger partial charge in [-0.15, -0.1) is 0 Å². The molecular weight excluding hydrogens is 250 g/mol. The van der Waals surface area contributed by atoms with Crippen molar-refractivity contribution in [3.8, 4) is 0 Å². The van der Waals surface area contributed by atoms with Gasteiger partial charge < -0.3 is 10.2 Å². The van der Waals surface area contributed by atoms with Gasteiger partial charge in [-0.2, -0.15) is 0 Å². The monoisotopic (exact) mass is 268 g/mol. The fraction of sp³-hybridized carbons (Fsp3) is 0.500. The average Bonchev–Trinajstić information content (AvgIpc) is 2.85. The predicted molar refractivity (Wildman–Crippen MR) is 69.1 cm³/mol. The van der Waals surface area contributed by atoms with Crippen molar-refractivity contribution in [2.24, 2.45) is 0 Å². The molecule has 104 valence electrons. The van der Waals surface area contributed by atoms with Gasteiger partial charge in [0.2, 0.25) is 0 Å². The van der Waals surface area contributed by atoms with E-state index in [0.29, 0.717) is 6.54 Å². The van der Waals surface area contributed by atoms with Crippen molar-refractivity contribution >= 4 is 5.91 Å². The number of hydrogen-bond donors (Lipinski definition) is 1. The first-order chi connectivity index (χ1) is 8.99. The third-order valence-electron chi connectivity index (χ3n) is 3.48. The van der Waals surface area contributed by atoms with E-state index in [9.17, 15) is 13.6 Å². The molecule has 1 saturated heterocycles. The van der Waals surface area contributed by atoms with Crippen LogP contribution in [0.3, 0.4) is 0 Å². The maximum Gasteiger partial charge on any atom is 0.256 e. The fourth-order valence-electron chi connectivity index (χ4n) is 2.35. The number of nitrogens with one attached hydrogen (secondary N) is 1. The topological polar surface area (TPSA) is 32.3 Å². The molecule has 0 aliphatic carbocycles. The van der Waals surface area contributed by atoms with Crippen molar-refractivity contribution in [3.63, 3.8) is 0 Å².